The highest BCUT2D eigenvalue weighted by Gasteiger charge is 2.87. The van der Waals surface area contributed by atoms with Crippen molar-refractivity contribution in [2.75, 3.05) is 9.96 Å². The van der Waals surface area contributed by atoms with Crippen LogP contribution < -0.4 is 9.96 Å². The fourth-order valence-electron chi connectivity index (χ4n) is 8.49. The number of hydrogen-bond acceptors (Lipinski definition) is 4. The van der Waals surface area contributed by atoms with Gasteiger partial charge in [-0.2, -0.15) is 0 Å². The average Bonchev–Trinajstić information content (AvgIpc) is 3.49. The van der Waals surface area contributed by atoms with E-state index in [2.05, 4.69) is 24.3 Å². The third-order valence-electron chi connectivity index (χ3n) is 9.91. The van der Waals surface area contributed by atoms with E-state index in [0.29, 0.717) is 10.7 Å². The summed E-state index contributed by atoms with van der Waals surface area (Å²) in [5.41, 5.74) is 3.51. The second kappa shape index (κ2) is 8.66. The molecule has 0 N–H and O–H groups in total. The maximum Gasteiger partial charge on any atom is 0.271 e. The fourth-order valence-corrected chi connectivity index (χ4v) is 8.61. The second-order valence-electron chi connectivity index (χ2n) is 11.7. The molecule has 0 aromatic heterocycles. The van der Waals surface area contributed by atoms with Gasteiger partial charge in [-0.1, -0.05) is 109 Å². The van der Waals surface area contributed by atoms with Gasteiger partial charge in [0, 0.05) is 10.9 Å². The minimum absolute atomic E-state index is 0.249. The van der Waals surface area contributed by atoms with Gasteiger partial charge in [-0.25, -0.2) is 9.96 Å². The van der Waals surface area contributed by atoms with E-state index in [0.717, 1.165) is 33.5 Å². The van der Waals surface area contributed by atoms with Gasteiger partial charge in [-0.3, -0.25) is 14.4 Å². The SMILES string of the molecule is O=C1N(c2ccccc2)C(=O)C23C4c5ccccc5C(c5ccccc54)C12ON(c1ccccc1)C3c1ccc(Cl)cc1. The monoisotopic (exact) mass is 580 g/mol. The molecule has 2 fully saturated rings. The molecule has 2 aliphatic heterocycles. The zero-order valence-electron chi connectivity index (χ0n) is 22.9. The lowest BCUT2D eigenvalue weighted by atomic mass is 9.43. The predicted octanol–water partition coefficient (Wildman–Crippen LogP) is 7.42. The molecule has 0 radical (unpaired) electrons. The number of anilines is 2. The van der Waals surface area contributed by atoms with Crippen LogP contribution in [0.4, 0.5) is 11.4 Å². The van der Waals surface area contributed by atoms with Gasteiger partial charge in [-0.15, -0.1) is 0 Å². The highest BCUT2D eigenvalue weighted by molar-refractivity contribution is 6.31. The van der Waals surface area contributed by atoms with Crippen molar-refractivity contribution in [3.8, 4) is 0 Å². The van der Waals surface area contributed by atoms with Crippen molar-refractivity contribution in [3.63, 3.8) is 0 Å². The molecule has 2 amide bonds. The first-order valence-electron chi connectivity index (χ1n) is 14.5. The van der Waals surface area contributed by atoms with Crippen LogP contribution >= 0.6 is 11.6 Å². The molecule has 208 valence electrons. The Morgan fingerprint density at radius 3 is 1.60 bits per heavy atom. The lowest BCUT2D eigenvalue weighted by Crippen LogP contribution is -2.63. The molecule has 5 nitrogen and oxygen atoms in total. The molecule has 2 saturated heterocycles. The summed E-state index contributed by atoms with van der Waals surface area (Å²) in [5.74, 6) is -1.52. The first kappa shape index (κ1) is 24.8. The number of hydrogen-bond donors (Lipinski definition) is 0. The molecule has 5 aliphatic rings. The Labute approximate surface area is 253 Å². The Morgan fingerprint density at radius 1 is 0.558 bits per heavy atom. The summed E-state index contributed by atoms with van der Waals surface area (Å²) in [6.07, 6.45) is 0. The van der Waals surface area contributed by atoms with Crippen LogP contribution in [0.3, 0.4) is 0 Å². The number of rotatable bonds is 3. The largest absolute Gasteiger partial charge is 0.273 e. The summed E-state index contributed by atoms with van der Waals surface area (Å²) in [5, 5.41) is 2.43. The van der Waals surface area contributed by atoms with E-state index in [-0.39, 0.29) is 11.8 Å². The minimum atomic E-state index is -1.53. The molecular weight excluding hydrogens is 556 g/mol. The third-order valence-corrected chi connectivity index (χ3v) is 10.2. The van der Waals surface area contributed by atoms with E-state index >= 15 is 9.59 Å². The summed E-state index contributed by atoms with van der Waals surface area (Å²) in [6.45, 7) is 0. The van der Waals surface area contributed by atoms with Gasteiger partial charge in [0.15, 0.2) is 0 Å². The van der Waals surface area contributed by atoms with Crippen LogP contribution in [0.5, 0.6) is 0 Å². The first-order chi connectivity index (χ1) is 21.1. The summed E-state index contributed by atoms with van der Waals surface area (Å²) in [7, 11) is 0. The molecule has 5 aromatic carbocycles. The van der Waals surface area contributed by atoms with Gasteiger partial charge >= 0.3 is 0 Å². The third kappa shape index (κ3) is 2.87. The Bertz CT molecular complexity index is 1900. The maximum absolute atomic E-state index is 15.6. The molecular formula is C37H25ClN2O3. The Morgan fingerprint density at radius 2 is 1.05 bits per heavy atom. The fraction of sp³-hybridized carbons (Fsp3) is 0.135. The molecule has 3 atom stereocenters. The maximum atomic E-state index is 15.6. The minimum Gasteiger partial charge on any atom is -0.273 e. The van der Waals surface area contributed by atoms with Crippen molar-refractivity contribution in [1.82, 2.24) is 0 Å². The van der Waals surface area contributed by atoms with Gasteiger partial charge in [0.25, 0.3) is 5.91 Å². The number of imide groups is 1. The van der Waals surface area contributed by atoms with Crippen LogP contribution in [0.25, 0.3) is 0 Å². The van der Waals surface area contributed by atoms with Gasteiger partial charge < -0.3 is 0 Å². The van der Waals surface area contributed by atoms with E-state index in [4.69, 9.17) is 16.4 Å². The molecule has 43 heavy (non-hydrogen) atoms. The van der Waals surface area contributed by atoms with Crippen LogP contribution in [0.1, 0.15) is 45.7 Å². The molecule has 10 rings (SSSR count). The number of hydroxylamine groups is 1. The molecule has 2 bridgehead atoms. The van der Waals surface area contributed by atoms with Crippen LogP contribution in [0, 0.1) is 5.41 Å². The van der Waals surface area contributed by atoms with Crippen molar-refractivity contribution >= 4 is 34.8 Å². The summed E-state index contributed by atoms with van der Waals surface area (Å²) in [4.78, 5) is 39.5. The number of halogens is 1. The lowest BCUT2D eigenvalue weighted by molar-refractivity contribution is -0.153. The van der Waals surface area contributed by atoms with Crippen molar-refractivity contribution < 1.29 is 14.4 Å². The van der Waals surface area contributed by atoms with E-state index in [1.54, 1.807) is 0 Å². The lowest BCUT2D eigenvalue weighted by Gasteiger charge is -2.55. The van der Waals surface area contributed by atoms with Gasteiger partial charge in [0.1, 0.15) is 11.5 Å². The standard InChI is InChI=1S/C37H25ClN2O3/c38-24-21-19-23(20-22-24)33-36-31-27-15-7-9-17-29(27)32(30-18-10-8-16-28(30)31)37(36,43-40(33)26-13-5-2-6-14-26)35(42)39(34(36)41)25-11-3-1-4-12-25/h1-22,31-33H. The van der Waals surface area contributed by atoms with E-state index in [1.165, 1.54) is 4.90 Å². The van der Waals surface area contributed by atoms with Crippen LogP contribution in [-0.4, -0.2) is 17.4 Å². The zero-order chi connectivity index (χ0) is 28.9. The van der Waals surface area contributed by atoms with Crippen LogP contribution in [0.2, 0.25) is 5.02 Å². The second-order valence-corrected chi connectivity index (χ2v) is 12.2. The van der Waals surface area contributed by atoms with Crippen LogP contribution in [0.15, 0.2) is 133 Å². The van der Waals surface area contributed by atoms with E-state index < -0.39 is 28.9 Å². The molecule has 3 aliphatic carbocycles. The smallest absolute Gasteiger partial charge is 0.271 e. The quantitative estimate of drug-likeness (QED) is 0.208. The Kier molecular flexibility index (Phi) is 5.01. The van der Waals surface area contributed by atoms with Crippen LogP contribution in [-0.2, 0) is 14.4 Å². The molecule has 3 unspecified atom stereocenters. The van der Waals surface area contributed by atoms with Gasteiger partial charge in [0.2, 0.25) is 11.5 Å². The highest BCUT2D eigenvalue weighted by atomic mass is 35.5. The molecule has 0 spiro atoms. The predicted molar refractivity (Wildman–Crippen MR) is 165 cm³/mol. The molecule has 6 heteroatoms. The Hall–Kier alpha value is -4.71. The number of carbonyl (C=O) groups excluding carboxylic acids is 2. The summed E-state index contributed by atoms with van der Waals surface area (Å²) < 4.78 is 0. The Balaban J connectivity index is 1.44. The number of para-hydroxylation sites is 2. The molecule has 0 saturated carbocycles. The van der Waals surface area contributed by atoms with Crippen molar-refractivity contribution in [3.05, 3.63) is 166 Å². The van der Waals surface area contributed by atoms with Crippen molar-refractivity contribution in [2.24, 2.45) is 5.41 Å². The summed E-state index contributed by atoms with van der Waals surface area (Å²) in [6, 6.07) is 42.5. The molecule has 2 heterocycles. The van der Waals surface area contributed by atoms with E-state index in [1.807, 2.05) is 114 Å². The average molecular weight is 581 g/mol. The highest BCUT2D eigenvalue weighted by Crippen LogP contribution is 2.77. The number of benzene rings is 5. The van der Waals surface area contributed by atoms with E-state index in [9.17, 15) is 0 Å². The number of carbonyl (C=O) groups is 2. The molecule has 5 aromatic rings. The topological polar surface area (TPSA) is 49.9 Å². The summed E-state index contributed by atoms with van der Waals surface area (Å²) >= 11 is 6.40. The number of nitrogens with zero attached hydrogens (tertiary/aromatic N) is 2. The van der Waals surface area contributed by atoms with Crippen molar-refractivity contribution in [1.29, 1.82) is 0 Å². The normalized spacial score (nSPS) is 28.0. The first-order valence-corrected chi connectivity index (χ1v) is 14.9. The van der Waals surface area contributed by atoms with Crippen molar-refractivity contribution in [2.45, 2.75) is 23.5 Å². The van der Waals surface area contributed by atoms with Gasteiger partial charge in [0.05, 0.1) is 17.3 Å². The number of amides is 2. The zero-order valence-corrected chi connectivity index (χ0v) is 23.7. The van der Waals surface area contributed by atoms with Gasteiger partial charge in [-0.05, 0) is 64.2 Å².